The van der Waals surface area contributed by atoms with Crippen molar-refractivity contribution in [3.8, 4) is 0 Å². The minimum Gasteiger partial charge on any atom is -0.407 e. The van der Waals surface area contributed by atoms with Crippen LogP contribution in [0.2, 0.25) is 0 Å². The van der Waals surface area contributed by atoms with Crippen LogP contribution in [-0.2, 0) is 11.3 Å². The van der Waals surface area contributed by atoms with E-state index in [9.17, 15) is 0 Å². The van der Waals surface area contributed by atoms with E-state index in [1.807, 2.05) is 0 Å². The minimum absolute atomic E-state index is 0.376. The zero-order chi connectivity index (χ0) is 12.1. The van der Waals surface area contributed by atoms with E-state index in [0.29, 0.717) is 30.6 Å². The molecule has 0 radical (unpaired) electrons. The number of aromatic nitrogens is 2. The van der Waals surface area contributed by atoms with Crippen molar-refractivity contribution in [1.82, 2.24) is 15.5 Å². The second-order valence-corrected chi connectivity index (χ2v) is 4.35. The molecule has 1 aromatic heterocycles. The van der Waals surface area contributed by atoms with Crippen LogP contribution in [0.4, 0.5) is 6.01 Å². The summed E-state index contributed by atoms with van der Waals surface area (Å²) in [6.07, 6.45) is 3.48. The highest BCUT2D eigenvalue weighted by atomic mass is 16.5. The lowest BCUT2D eigenvalue weighted by molar-refractivity contribution is 0.0323. The van der Waals surface area contributed by atoms with E-state index in [4.69, 9.17) is 9.15 Å². The van der Waals surface area contributed by atoms with Gasteiger partial charge in [0.05, 0.1) is 12.6 Å². The molecule has 0 spiro atoms. The molecular weight excluding hydrogens is 220 g/mol. The summed E-state index contributed by atoms with van der Waals surface area (Å²) in [5.41, 5.74) is 0. The molecule has 1 aliphatic rings. The first-order valence-corrected chi connectivity index (χ1v) is 6.14. The van der Waals surface area contributed by atoms with Gasteiger partial charge in [0, 0.05) is 13.2 Å². The van der Waals surface area contributed by atoms with E-state index in [2.05, 4.69) is 27.8 Å². The molecule has 2 rings (SSSR count). The number of nitrogens with one attached hydrogen (secondary N) is 2. The SMILES string of the molecule is CCCNCc1nnc(NC2CC(OC)C2)o1. The highest BCUT2D eigenvalue weighted by Gasteiger charge is 2.29. The molecule has 1 heterocycles. The standard InChI is InChI=1S/C11H20N4O2/c1-3-4-12-7-10-14-15-11(17-10)13-8-5-9(6-8)16-2/h8-9,12H,3-7H2,1-2H3,(H,13,15). The van der Waals surface area contributed by atoms with Crippen LogP contribution in [0.1, 0.15) is 32.1 Å². The molecule has 0 aliphatic heterocycles. The molecule has 0 amide bonds. The van der Waals surface area contributed by atoms with Gasteiger partial charge in [0.25, 0.3) is 0 Å². The van der Waals surface area contributed by atoms with E-state index < -0.39 is 0 Å². The highest BCUT2D eigenvalue weighted by molar-refractivity contribution is 5.21. The van der Waals surface area contributed by atoms with Crippen LogP contribution in [-0.4, -0.2) is 36.0 Å². The van der Waals surface area contributed by atoms with Gasteiger partial charge >= 0.3 is 6.01 Å². The van der Waals surface area contributed by atoms with Crippen molar-refractivity contribution < 1.29 is 9.15 Å². The largest absolute Gasteiger partial charge is 0.407 e. The lowest BCUT2D eigenvalue weighted by atomic mass is 9.89. The Balaban J connectivity index is 1.71. The van der Waals surface area contributed by atoms with Gasteiger partial charge in [-0.15, -0.1) is 5.10 Å². The Kier molecular flexibility index (Phi) is 4.33. The van der Waals surface area contributed by atoms with Gasteiger partial charge in [-0.05, 0) is 25.8 Å². The number of methoxy groups -OCH3 is 1. The molecule has 6 heteroatoms. The summed E-state index contributed by atoms with van der Waals surface area (Å²) in [5, 5.41) is 14.3. The minimum atomic E-state index is 0.376. The summed E-state index contributed by atoms with van der Waals surface area (Å²) in [7, 11) is 1.74. The molecule has 96 valence electrons. The average Bonchev–Trinajstić information content (AvgIpc) is 2.71. The molecule has 1 saturated carbocycles. The Morgan fingerprint density at radius 2 is 2.24 bits per heavy atom. The maximum Gasteiger partial charge on any atom is 0.315 e. The summed E-state index contributed by atoms with van der Waals surface area (Å²) in [6, 6.07) is 0.912. The first-order chi connectivity index (χ1) is 8.31. The molecule has 17 heavy (non-hydrogen) atoms. The van der Waals surface area contributed by atoms with E-state index in [1.165, 1.54) is 0 Å². The third-order valence-corrected chi connectivity index (χ3v) is 2.93. The maximum absolute atomic E-state index is 5.47. The van der Waals surface area contributed by atoms with Crippen LogP contribution in [0.5, 0.6) is 0 Å². The van der Waals surface area contributed by atoms with E-state index in [1.54, 1.807) is 7.11 Å². The first kappa shape index (κ1) is 12.3. The Bertz CT molecular complexity index is 336. The van der Waals surface area contributed by atoms with Crippen LogP contribution in [0.15, 0.2) is 4.42 Å². The number of anilines is 1. The smallest absolute Gasteiger partial charge is 0.315 e. The molecule has 0 saturated heterocycles. The molecule has 1 aliphatic carbocycles. The molecule has 0 aromatic carbocycles. The van der Waals surface area contributed by atoms with Gasteiger partial charge in [-0.2, -0.15) is 0 Å². The molecule has 2 N–H and O–H groups in total. The Hall–Kier alpha value is -1.14. The highest BCUT2D eigenvalue weighted by Crippen LogP contribution is 2.25. The molecule has 0 atom stereocenters. The van der Waals surface area contributed by atoms with Crippen molar-refractivity contribution in [3.05, 3.63) is 5.89 Å². The van der Waals surface area contributed by atoms with Crippen molar-refractivity contribution in [2.45, 2.75) is 44.9 Å². The molecule has 0 unspecified atom stereocenters. The van der Waals surface area contributed by atoms with Crippen molar-refractivity contribution in [1.29, 1.82) is 0 Å². The molecule has 1 fully saturated rings. The van der Waals surface area contributed by atoms with Crippen LogP contribution in [0.3, 0.4) is 0 Å². The second kappa shape index (κ2) is 5.97. The van der Waals surface area contributed by atoms with Crippen LogP contribution in [0, 0.1) is 0 Å². The zero-order valence-corrected chi connectivity index (χ0v) is 10.4. The van der Waals surface area contributed by atoms with Crippen LogP contribution >= 0.6 is 0 Å². The lowest BCUT2D eigenvalue weighted by Crippen LogP contribution is -2.40. The quantitative estimate of drug-likeness (QED) is 0.697. The zero-order valence-electron chi connectivity index (χ0n) is 10.4. The Morgan fingerprint density at radius 3 is 2.94 bits per heavy atom. The Morgan fingerprint density at radius 1 is 1.41 bits per heavy atom. The van der Waals surface area contributed by atoms with Crippen molar-refractivity contribution in [2.24, 2.45) is 0 Å². The molecule has 6 nitrogen and oxygen atoms in total. The van der Waals surface area contributed by atoms with Gasteiger partial charge in [0.2, 0.25) is 5.89 Å². The number of rotatable bonds is 7. The van der Waals surface area contributed by atoms with Crippen LogP contribution in [0.25, 0.3) is 0 Å². The van der Waals surface area contributed by atoms with Gasteiger partial charge in [-0.25, -0.2) is 0 Å². The fraction of sp³-hybridized carbons (Fsp3) is 0.818. The van der Waals surface area contributed by atoms with Gasteiger partial charge < -0.3 is 19.8 Å². The fourth-order valence-electron chi connectivity index (χ4n) is 1.81. The topological polar surface area (TPSA) is 72.2 Å². The first-order valence-electron chi connectivity index (χ1n) is 6.14. The monoisotopic (exact) mass is 240 g/mol. The second-order valence-electron chi connectivity index (χ2n) is 4.35. The van der Waals surface area contributed by atoms with Crippen LogP contribution < -0.4 is 10.6 Å². The number of ether oxygens (including phenoxy) is 1. The van der Waals surface area contributed by atoms with Gasteiger partial charge in [-0.3, -0.25) is 0 Å². The Labute approximate surface area is 101 Å². The van der Waals surface area contributed by atoms with Gasteiger partial charge in [0.15, 0.2) is 0 Å². The molecule has 0 bridgehead atoms. The summed E-state index contributed by atoms with van der Waals surface area (Å²) >= 11 is 0. The summed E-state index contributed by atoms with van der Waals surface area (Å²) < 4.78 is 10.7. The number of hydrogen-bond donors (Lipinski definition) is 2. The van der Waals surface area contributed by atoms with E-state index in [-0.39, 0.29) is 0 Å². The van der Waals surface area contributed by atoms with E-state index in [0.717, 1.165) is 25.8 Å². The van der Waals surface area contributed by atoms with Gasteiger partial charge in [0.1, 0.15) is 0 Å². The molecular formula is C11H20N4O2. The van der Waals surface area contributed by atoms with Crippen molar-refractivity contribution in [2.75, 3.05) is 19.0 Å². The third kappa shape index (κ3) is 3.41. The molecule has 1 aromatic rings. The normalized spacial score (nSPS) is 23.4. The lowest BCUT2D eigenvalue weighted by Gasteiger charge is -2.33. The fourth-order valence-corrected chi connectivity index (χ4v) is 1.81. The maximum atomic E-state index is 5.47. The number of hydrogen-bond acceptors (Lipinski definition) is 6. The predicted octanol–water partition coefficient (Wildman–Crippen LogP) is 1.16. The number of nitrogens with zero attached hydrogens (tertiary/aromatic N) is 2. The average molecular weight is 240 g/mol. The summed E-state index contributed by atoms with van der Waals surface area (Å²) in [6.45, 7) is 3.72. The van der Waals surface area contributed by atoms with E-state index >= 15 is 0 Å². The van der Waals surface area contributed by atoms with Crippen molar-refractivity contribution >= 4 is 6.01 Å². The van der Waals surface area contributed by atoms with Gasteiger partial charge in [-0.1, -0.05) is 12.0 Å². The predicted molar refractivity (Wildman–Crippen MR) is 63.7 cm³/mol. The van der Waals surface area contributed by atoms with Crippen molar-refractivity contribution in [3.63, 3.8) is 0 Å². The summed E-state index contributed by atoms with van der Waals surface area (Å²) in [5.74, 6) is 0.628. The third-order valence-electron chi connectivity index (χ3n) is 2.93. The summed E-state index contributed by atoms with van der Waals surface area (Å²) in [4.78, 5) is 0.